The number of ether oxygens (including phenoxy) is 1. The van der Waals surface area contributed by atoms with Gasteiger partial charge in [0.05, 0.1) is 5.60 Å². The van der Waals surface area contributed by atoms with Crippen molar-refractivity contribution in [3.05, 3.63) is 22.9 Å². The molecular weight excluding hydrogens is 204 g/mol. The fourth-order valence-electron chi connectivity index (χ4n) is 1.48. The quantitative estimate of drug-likeness (QED) is 0.770. The second-order valence-corrected chi connectivity index (χ2v) is 4.99. The third-order valence-electron chi connectivity index (χ3n) is 2.94. The molecule has 0 saturated carbocycles. The standard InChI is InChI=1S/C12H22N2O2/c1-10(2)14-9-8-13(11(14)15)7-6-12(3,4)16-5/h8-10H,6-7H2,1-5H3. The lowest BCUT2D eigenvalue weighted by Gasteiger charge is -2.22. The molecule has 0 amide bonds. The number of aryl methyl sites for hydroxylation is 1. The number of hydrogen-bond donors (Lipinski definition) is 0. The van der Waals surface area contributed by atoms with Gasteiger partial charge in [0.1, 0.15) is 0 Å². The molecule has 0 aliphatic carbocycles. The van der Waals surface area contributed by atoms with Crippen molar-refractivity contribution < 1.29 is 4.74 Å². The first-order chi connectivity index (χ1) is 7.37. The van der Waals surface area contributed by atoms with Gasteiger partial charge < -0.3 is 4.74 Å². The summed E-state index contributed by atoms with van der Waals surface area (Å²) in [6.07, 6.45) is 4.51. The Morgan fingerprint density at radius 1 is 1.38 bits per heavy atom. The lowest BCUT2D eigenvalue weighted by molar-refractivity contribution is 0.0118. The van der Waals surface area contributed by atoms with Crippen molar-refractivity contribution in [2.75, 3.05) is 7.11 Å². The Kier molecular flexibility index (Phi) is 3.97. The summed E-state index contributed by atoms with van der Waals surface area (Å²) in [6, 6.07) is 0.212. The van der Waals surface area contributed by atoms with Gasteiger partial charge in [0.2, 0.25) is 0 Å². The molecule has 0 spiro atoms. The normalized spacial score (nSPS) is 12.4. The van der Waals surface area contributed by atoms with E-state index in [0.29, 0.717) is 6.54 Å². The molecule has 1 heterocycles. The van der Waals surface area contributed by atoms with Gasteiger partial charge in [-0.25, -0.2) is 4.79 Å². The first kappa shape index (κ1) is 13.0. The molecule has 0 radical (unpaired) electrons. The molecule has 0 unspecified atom stereocenters. The van der Waals surface area contributed by atoms with Crippen molar-refractivity contribution in [1.82, 2.24) is 9.13 Å². The number of rotatable bonds is 5. The van der Waals surface area contributed by atoms with Crippen LogP contribution >= 0.6 is 0 Å². The lowest BCUT2D eigenvalue weighted by atomic mass is 10.1. The fraction of sp³-hybridized carbons (Fsp3) is 0.750. The van der Waals surface area contributed by atoms with Crippen molar-refractivity contribution in [3.8, 4) is 0 Å². The Hall–Kier alpha value is -1.03. The van der Waals surface area contributed by atoms with Crippen molar-refractivity contribution in [2.45, 2.75) is 52.3 Å². The summed E-state index contributed by atoms with van der Waals surface area (Å²) in [4.78, 5) is 11.9. The third kappa shape index (κ3) is 2.98. The van der Waals surface area contributed by atoms with Crippen LogP contribution in [-0.2, 0) is 11.3 Å². The zero-order valence-corrected chi connectivity index (χ0v) is 10.9. The summed E-state index contributed by atoms with van der Waals surface area (Å²) in [7, 11) is 1.70. The molecule has 0 N–H and O–H groups in total. The van der Waals surface area contributed by atoms with Gasteiger partial charge in [-0.3, -0.25) is 9.13 Å². The summed E-state index contributed by atoms with van der Waals surface area (Å²) in [5.41, 5.74) is -0.124. The first-order valence-electron chi connectivity index (χ1n) is 5.70. The van der Waals surface area contributed by atoms with Crippen LogP contribution in [0.1, 0.15) is 40.2 Å². The number of imidazole rings is 1. The van der Waals surface area contributed by atoms with E-state index in [0.717, 1.165) is 6.42 Å². The minimum Gasteiger partial charge on any atom is -0.379 e. The highest BCUT2D eigenvalue weighted by molar-refractivity contribution is 4.84. The maximum atomic E-state index is 11.9. The van der Waals surface area contributed by atoms with E-state index in [9.17, 15) is 4.79 Å². The van der Waals surface area contributed by atoms with Crippen LogP contribution in [0.3, 0.4) is 0 Å². The van der Waals surface area contributed by atoms with Crippen LogP contribution < -0.4 is 5.69 Å². The minimum absolute atomic E-state index is 0.0573. The van der Waals surface area contributed by atoms with Gasteiger partial charge in [-0.15, -0.1) is 0 Å². The SMILES string of the molecule is COC(C)(C)CCn1ccn(C(C)C)c1=O. The van der Waals surface area contributed by atoms with Crippen molar-refractivity contribution in [3.63, 3.8) is 0 Å². The number of hydrogen-bond acceptors (Lipinski definition) is 2. The molecule has 4 nitrogen and oxygen atoms in total. The smallest absolute Gasteiger partial charge is 0.328 e. The predicted molar refractivity (Wildman–Crippen MR) is 64.8 cm³/mol. The van der Waals surface area contributed by atoms with Gasteiger partial charge in [0.25, 0.3) is 0 Å². The molecule has 0 aromatic carbocycles. The van der Waals surface area contributed by atoms with Gasteiger partial charge in [-0.1, -0.05) is 0 Å². The second kappa shape index (κ2) is 4.87. The van der Waals surface area contributed by atoms with Gasteiger partial charge in [0, 0.05) is 32.1 Å². The second-order valence-electron chi connectivity index (χ2n) is 4.99. The fourth-order valence-corrected chi connectivity index (χ4v) is 1.48. The summed E-state index contributed by atoms with van der Waals surface area (Å²) in [5.74, 6) is 0. The zero-order chi connectivity index (χ0) is 12.3. The summed E-state index contributed by atoms with van der Waals surface area (Å²) < 4.78 is 8.80. The average molecular weight is 226 g/mol. The van der Waals surface area contributed by atoms with Gasteiger partial charge in [-0.2, -0.15) is 0 Å². The highest BCUT2D eigenvalue weighted by atomic mass is 16.5. The highest BCUT2D eigenvalue weighted by Crippen LogP contribution is 2.13. The third-order valence-corrected chi connectivity index (χ3v) is 2.94. The van der Waals surface area contributed by atoms with Crippen LogP contribution in [0.5, 0.6) is 0 Å². The van der Waals surface area contributed by atoms with Gasteiger partial charge >= 0.3 is 5.69 Å². The molecular formula is C12H22N2O2. The average Bonchev–Trinajstić information content (AvgIpc) is 2.57. The van der Waals surface area contributed by atoms with E-state index in [-0.39, 0.29) is 17.3 Å². The topological polar surface area (TPSA) is 36.2 Å². The van der Waals surface area contributed by atoms with Crippen molar-refractivity contribution in [1.29, 1.82) is 0 Å². The van der Waals surface area contributed by atoms with E-state index in [4.69, 9.17) is 4.74 Å². The van der Waals surface area contributed by atoms with E-state index in [2.05, 4.69) is 0 Å². The van der Waals surface area contributed by atoms with E-state index in [1.807, 2.05) is 40.1 Å². The number of aromatic nitrogens is 2. The summed E-state index contributed by atoms with van der Waals surface area (Å²) in [6.45, 7) is 8.75. The van der Waals surface area contributed by atoms with Crippen molar-refractivity contribution >= 4 is 0 Å². The molecule has 16 heavy (non-hydrogen) atoms. The molecule has 0 atom stereocenters. The lowest BCUT2D eigenvalue weighted by Crippen LogP contribution is -2.29. The van der Waals surface area contributed by atoms with Crippen LogP contribution in [0.2, 0.25) is 0 Å². The monoisotopic (exact) mass is 226 g/mol. The summed E-state index contributed by atoms with van der Waals surface area (Å²) >= 11 is 0. The molecule has 1 rings (SSSR count). The Labute approximate surface area is 96.8 Å². The Balaban J connectivity index is 2.73. The molecule has 1 aromatic rings. The molecule has 0 fully saturated rings. The van der Waals surface area contributed by atoms with Crippen LogP contribution in [0.15, 0.2) is 17.2 Å². The molecule has 0 aliphatic heterocycles. The van der Waals surface area contributed by atoms with Crippen LogP contribution in [0.25, 0.3) is 0 Å². The molecule has 0 saturated heterocycles. The van der Waals surface area contributed by atoms with E-state index in [1.54, 1.807) is 16.2 Å². The van der Waals surface area contributed by atoms with Crippen LogP contribution in [0, 0.1) is 0 Å². The summed E-state index contributed by atoms with van der Waals surface area (Å²) in [5, 5.41) is 0. The highest BCUT2D eigenvalue weighted by Gasteiger charge is 2.17. The number of methoxy groups -OCH3 is 1. The Morgan fingerprint density at radius 2 is 2.00 bits per heavy atom. The first-order valence-corrected chi connectivity index (χ1v) is 5.70. The minimum atomic E-state index is -0.181. The van der Waals surface area contributed by atoms with E-state index >= 15 is 0 Å². The largest absolute Gasteiger partial charge is 0.379 e. The predicted octanol–water partition coefficient (Wildman–Crippen LogP) is 2.05. The number of nitrogens with zero attached hydrogens (tertiary/aromatic N) is 2. The van der Waals surface area contributed by atoms with Gasteiger partial charge in [-0.05, 0) is 34.1 Å². The molecule has 92 valence electrons. The van der Waals surface area contributed by atoms with Crippen LogP contribution in [0.4, 0.5) is 0 Å². The van der Waals surface area contributed by atoms with E-state index < -0.39 is 0 Å². The van der Waals surface area contributed by atoms with E-state index in [1.165, 1.54) is 0 Å². The molecule has 0 aliphatic rings. The maximum absolute atomic E-state index is 11.9. The Bertz CT molecular complexity index is 388. The molecule has 1 aromatic heterocycles. The molecule has 0 bridgehead atoms. The van der Waals surface area contributed by atoms with Gasteiger partial charge in [0.15, 0.2) is 0 Å². The Morgan fingerprint density at radius 3 is 2.44 bits per heavy atom. The molecule has 4 heteroatoms. The zero-order valence-electron chi connectivity index (χ0n) is 10.9. The van der Waals surface area contributed by atoms with Crippen molar-refractivity contribution in [2.24, 2.45) is 0 Å². The maximum Gasteiger partial charge on any atom is 0.328 e. The van der Waals surface area contributed by atoms with Crippen LogP contribution in [-0.4, -0.2) is 21.8 Å².